The number of benzene rings is 1. The first-order chi connectivity index (χ1) is 15.8. The minimum absolute atomic E-state index is 0.0205. The van der Waals surface area contributed by atoms with E-state index < -0.39 is 29.7 Å². The summed E-state index contributed by atoms with van der Waals surface area (Å²) >= 11 is 0. The third-order valence-corrected chi connectivity index (χ3v) is 5.99. The Morgan fingerprint density at radius 3 is 2.67 bits per heavy atom. The quantitative estimate of drug-likeness (QED) is 0.442. The van der Waals surface area contributed by atoms with Gasteiger partial charge < -0.3 is 21.3 Å². The number of nitrogens with one attached hydrogen (secondary N) is 3. The monoisotopic (exact) mass is 452 g/mol. The number of hydrogen-bond acceptors (Lipinski definition) is 6. The second kappa shape index (κ2) is 9.35. The maximum Gasteiger partial charge on any atom is 0.267 e. The van der Waals surface area contributed by atoms with Gasteiger partial charge in [-0.25, -0.2) is 4.39 Å². The van der Waals surface area contributed by atoms with Crippen molar-refractivity contribution < 1.29 is 18.8 Å². The van der Waals surface area contributed by atoms with Gasteiger partial charge in [0.1, 0.15) is 17.9 Å². The van der Waals surface area contributed by atoms with Crippen molar-refractivity contribution in [1.29, 1.82) is 5.41 Å². The predicted molar refractivity (Wildman–Crippen MR) is 119 cm³/mol. The average molecular weight is 452 g/mol. The highest BCUT2D eigenvalue weighted by atomic mass is 19.1. The van der Waals surface area contributed by atoms with Gasteiger partial charge in [0.25, 0.3) is 5.91 Å². The Kier molecular flexibility index (Phi) is 6.34. The summed E-state index contributed by atoms with van der Waals surface area (Å²) < 4.78 is 14.2. The van der Waals surface area contributed by atoms with Gasteiger partial charge in [0.05, 0.1) is 13.1 Å². The van der Waals surface area contributed by atoms with Crippen molar-refractivity contribution in [2.24, 2.45) is 5.73 Å². The lowest BCUT2D eigenvalue weighted by atomic mass is 10.1. The van der Waals surface area contributed by atoms with Crippen LogP contribution in [0.2, 0.25) is 0 Å². The number of primary amides is 1. The molecule has 4 rings (SSSR count). The molecule has 1 saturated carbocycles. The van der Waals surface area contributed by atoms with E-state index in [0.29, 0.717) is 5.69 Å². The number of amides is 3. The molecule has 0 radical (unpaired) electrons. The van der Waals surface area contributed by atoms with E-state index in [1.54, 1.807) is 0 Å². The lowest BCUT2D eigenvalue weighted by molar-refractivity contribution is -0.137. The van der Waals surface area contributed by atoms with Crippen molar-refractivity contribution in [1.82, 2.24) is 15.2 Å². The van der Waals surface area contributed by atoms with Crippen LogP contribution in [0, 0.1) is 5.41 Å². The highest BCUT2D eigenvalue weighted by Crippen LogP contribution is 2.40. The maximum atomic E-state index is 14.2. The fourth-order valence-electron chi connectivity index (χ4n) is 4.16. The summed E-state index contributed by atoms with van der Waals surface area (Å²) in [4.78, 5) is 42.1. The van der Waals surface area contributed by atoms with Crippen LogP contribution >= 0.6 is 0 Å². The number of anilines is 1. The number of aromatic nitrogens is 1. The minimum Gasteiger partial charge on any atom is -0.376 e. The van der Waals surface area contributed by atoms with E-state index >= 15 is 0 Å². The fraction of sp³-hybridized carbons (Fsp3) is 0.348. The number of alkyl halides is 1. The van der Waals surface area contributed by atoms with E-state index in [-0.39, 0.29) is 42.9 Å². The van der Waals surface area contributed by atoms with E-state index in [1.165, 1.54) is 23.4 Å². The van der Waals surface area contributed by atoms with E-state index in [2.05, 4.69) is 15.6 Å². The normalized spacial score (nSPS) is 23.6. The molecule has 2 fully saturated rings. The molecule has 172 valence electrons. The number of carbonyl (C=O) groups excluding carboxylic acids is 3. The van der Waals surface area contributed by atoms with Crippen LogP contribution in [0.4, 0.5) is 10.1 Å². The number of carbonyl (C=O) groups is 3. The Morgan fingerprint density at radius 1 is 1.18 bits per heavy atom. The van der Waals surface area contributed by atoms with Crippen LogP contribution in [0.25, 0.3) is 0 Å². The summed E-state index contributed by atoms with van der Waals surface area (Å²) in [5.41, 5.74) is 6.34. The van der Waals surface area contributed by atoms with E-state index in [0.717, 1.165) is 12.0 Å². The van der Waals surface area contributed by atoms with Gasteiger partial charge in [-0.2, -0.15) is 0 Å². The highest BCUT2D eigenvalue weighted by Gasteiger charge is 2.44. The van der Waals surface area contributed by atoms with Crippen molar-refractivity contribution in [2.45, 2.75) is 37.0 Å². The van der Waals surface area contributed by atoms with Crippen LogP contribution in [0.5, 0.6) is 0 Å². The second-order valence-corrected chi connectivity index (χ2v) is 8.28. The zero-order valence-electron chi connectivity index (χ0n) is 17.8. The molecule has 9 nitrogen and oxygen atoms in total. The summed E-state index contributed by atoms with van der Waals surface area (Å²) in [6.07, 6.45) is 2.21. The summed E-state index contributed by atoms with van der Waals surface area (Å²) in [6, 6.07) is 10.5. The summed E-state index contributed by atoms with van der Waals surface area (Å²) in [7, 11) is 0. The molecule has 0 spiro atoms. The highest BCUT2D eigenvalue weighted by molar-refractivity contribution is 6.44. The molecule has 33 heavy (non-hydrogen) atoms. The molecule has 1 aliphatic carbocycles. The van der Waals surface area contributed by atoms with Crippen LogP contribution in [0.15, 0.2) is 48.8 Å². The maximum absolute atomic E-state index is 14.2. The van der Waals surface area contributed by atoms with Crippen LogP contribution in [-0.4, -0.2) is 64.7 Å². The van der Waals surface area contributed by atoms with Gasteiger partial charge in [-0.3, -0.25) is 24.8 Å². The second-order valence-electron chi connectivity index (χ2n) is 8.28. The molecule has 10 heteroatoms. The van der Waals surface area contributed by atoms with Gasteiger partial charge in [0, 0.05) is 42.0 Å². The Balaban J connectivity index is 1.37. The first-order valence-corrected chi connectivity index (χ1v) is 10.7. The Morgan fingerprint density at radius 2 is 1.94 bits per heavy atom. The van der Waals surface area contributed by atoms with Crippen molar-refractivity contribution >= 4 is 29.1 Å². The topological polar surface area (TPSA) is 141 Å². The molecule has 0 bridgehead atoms. The van der Waals surface area contributed by atoms with Crippen LogP contribution < -0.4 is 16.4 Å². The molecular formula is C23H25FN6O3. The first-order valence-electron chi connectivity index (χ1n) is 10.7. The molecule has 2 aromatic rings. The zero-order valence-corrected chi connectivity index (χ0v) is 17.8. The molecule has 1 aromatic carbocycles. The van der Waals surface area contributed by atoms with Crippen LogP contribution in [0.3, 0.4) is 0 Å². The Labute approximate surface area is 190 Å². The molecule has 2 aliphatic rings. The van der Waals surface area contributed by atoms with Crippen LogP contribution in [0.1, 0.15) is 29.9 Å². The average Bonchev–Trinajstić information content (AvgIpc) is 3.47. The van der Waals surface area contributed by atoms with Crippen molar-refractivity contribution in [2.75, 3.05) is 18.4 Å². The smallest absolute Gasteiger partial charge is 0.267 e. The molecule has 5 N–H and O–H groups in total. The van der Waals surface area contributed by atoms with Gasteiger partial charge in [-0.05, 0) is 18.1 Å². The molecule has 0 unspecified atom stereocenters. The lowest BCUT2D eigenvalue weighted by Gasteiger charge is -2.24. The molecule has 2 heterocycles. The zero-order chi connectivity index (χ0) is 23.5. The van der Waals surface area contributed by atoms with Gasteiger partial charge in [-0.1, -0.05) is 30.3 Å². The molecule has 3 amide bonds. The first kappa shape index (κ1) is 22.4. The number of nitrogens with two attached hydrogens (primary N) is 1. The van der Waals surface area contributed by atoms with Gasteiger partial charge >= 0.3 is 0 Å². The van der Waals surface area contributed by atoms with Gasteiger partial charge in [0.15, 0.2) is 0 Å². The number of nitrogens with zero attached hydrogens (tertiary/aromatic N) is 2. The Bertz CT molecular complexity index is 1080. The molecule has 1 aliphatic heterocycles. The Hall–Kier alpha value is -3.82. The van der Waals surface area contributed by atoms with Crippen molar-refractivity contribution in [3.8, 4) is 0 Å². The summed E-state index contributed by atoms with van der Waals surface area (Å²) in [5, 5.41) is 13.6. The third-order valence-electron chi connectivity index (χ3n) is 5.99. The summed E-state index contributed by atoms with van der Waals surface area (Å²) in [5.74, 6) is -1.51. The summed E-state index contributed by atoms with van der Waals surface area (Å²) in [6.45, 7) is -0.401. The fourth-order valence-corrected chi connectivity index (χ4v) is 4.16. The lowest BCUT2D eigenvalue weighted by Crippen LogP contribution is -2.48. The molecule has 4 atom stereocenters. The van der Waals surface area contributed by atoms with E-state index in [1.807, 2.05) is 30.3 Å². The minimum atomic E-state index is -1.28. The number of pyridine rings is 1. The number of rotatable bonds is 8. The number of hydrogen-bond donors (Lipinski definition) is 4. The third kappa shape index (κ3) is 5.00. The van der Waals surface area contributed by atoms with Crippen molar-refractivity contribution in [3.63, 3.8) is 0 Å². The molecule has 1 saturated heterocycles. The predicted octanol–water partition coefficient (Wildman–Crippen LogP) is 0.958. The SMILES string of the molecule is N=C(C(N)=O)c1cnccc1NCC(=O)N1C[C@H](F)C[C@H]1C(=O)N[C@@H]1C[C@H]1c1ccccc1. The van der Waals surface area contributed by atoms with Crippen molar-refractivity contribution in [3.05, 3.63) is 59.9 Å². The van der Waals surface area contributed by atoms with Gasteiger partial charge in [0.2, 0.25) is 11.8 Å². The van der Waals surface area contributed by atoms with Gasteiger partial charge in [-0.15, -0.1) is 0 Å². The molecule has 1 aromatic heterocycles. The number of likely N-dealkylation sites (tertiary alicyclic amines) is 1. The molecular weight excluding hydrogens is 427 g/mol. The van der Waals surface area contributed by atoms with E-state index in [4.69, 9.17) is 11.1 Å². The number of halogens is 1. The standard InChI is InChI=1S/C23H25FN6O3/c24-14-8-19(23(33)29-18-9-15(18)13-4-2-1-3-5-13)30(12-14)20(31)11-28-17-6-7-27-10-16(17)21(25)22(26)32/h1-7,10,14-15,18-19,25H,8-9,11-12H2,(H2,26,32)(H,27,28)(H,29,33)/t14-,15+,18-,19+/m1/s1. The van der Waals surface area contributed by atoms with Crippen LogP contribution in [-0.2, 0) is 14.4 Å². The van der Waals surface area contributed by atoms with E-state index in [9.17, 15) is 18.8 Å². The largest absolute Gasteiger partial charge is 0.376 e.